The number of pyridine rings is 1. The molecule has 0 saturated heterocycles. The van der Waals surface area contributed by atoms with E-state index < -0.39 is 0 Å². The van der Waals surface area contributed by atoms with Gasteiger partial charge in [-0.15, -0.1) is 0 Å². The maximum atomic E-state index is 2.20. The van der Waals surface area contributed by atoms with Gasteiger partial charge in [0.25, 0.3) is 0 Å². The molecule has 0 fully saturated rings. The normalized spacial score (nSPS) is 8.91. The number of hydrogen-bond acceptors (Lipinski definition) is 0. The molecule has 0 radical (unpaired) electrons. The lowest BCUT2D eigenvalue weighted by atomic mass is 10.2. The summed E-state index contributed by atoms with van der Waals surface area (Å²) in [5.41, 5.74) is 1.43. The first-order valence-corrected chi connectivity index (χ1v) is 3.77. The van der Waals surface area contributed by atoms with Crippen LogP contribution in [0.25, 0.3) is 0 Å². The highest BCUT2D eigenvalue weighted by atomic mass is 35.5. The van der Waals surface area contributed by atoms with Crippen LogP contribution in [0, 0.1) is 0 Å². The maximum absolute atomic E-state index is 2.20. The molecule has 0 aliphatic heterocycles. The van der Waals surface area contributed by atoms with Gasteiger partial charge in [0.1, 0.15) is 7.05 Å². The van der Waals surface area contributed by atoms with E-state index >= 15 is 0 Å². The average molecular weight is 172 g/mol. The van der Waals surface area contributed by atoms with E-state index in [-0.39, 0.29) is 12.4 Å². The molecule has 62 valence electrons. The summed E-state index contributed by atoms with van der Waals surface area (Å²) in [6.45, 7) is 2.20. The zero-order valence-corrected chi connectivity index (χ0v) is 7.80. The second kappa shape index (κ2) is 5.14. The van der Waals surface area contributed by atoms with Gasteiger partial charge in [-0.05, 0) is 12.0 Å². The van der Waals surface area contributed by atoms with Crippen LogP contribution in [0.4, 0.5) is 0 Å². The van der Waals surface area contributed by atoms with Gasteiger partial charge in [-0.3, -0.25) is 0 Å². The summed E-state index contributed by atoms with van der Waals surface area (Å²) in [5, 5.41) is 0. The molecular weight excluding hydrogens is 158 g/mol. The van der Waals surface area contributed by atoms with E-state index in [1.807, 2.05) is 7.05 Å². The largest absolute Gasteiger partial charge is 1.00 e. The number of hydrogen-bond donors (Lipinski definition) is 0. The van der Waals surface area contributed by atoms with E-state index in [1.54, 1.807) is 0 Å². The van der Waals surface area contributed by atoms with E-state index in [4.69, 9.17) is 0 Å². The number of rotatable bonds is 2. The van der Waals surface area contributed by atoms with Crippen LogP contribution >= 0.6 is 0 Å². The van der Waals surface area contributed by atoms with Gasteiger partial charge in [-0.1, -0.05) is 13.3 Å². The second-order valence-corrected chi connectivity index (χ2v) is 2.62. The average Bonchev–Trinajstić information content (AvgIpc) is 1.95. The molecule has 1 nitrogen and oxygen atoms in total. The van der Waals surface area contributed by atoms with Crippen molar-refractivity contribution in [1.29, 1.82) is 0 Å². The second-order valence-electron chi connectivity index (χ2n) is 2.62. The molecule has 1 heterocycles. The van der Waals surface area contributed by atoms with Crippen LogP contribution in [-0.2, 0) is 13.5 Å². The summed E-state index contributed by atoms with van der Waals surface area (Å²) in [6.07, 6.45) is 6.60. The molecular formula is C9H14ClN. The highest BCUT2D eigenvalue weighted by Crippen LogP contribution is 1.97. The third-order valence-corrected chi connectivity index (χ3v) is 1.59. The van der Waals surface area contributed by atoms with Gasteiger partial charge in [0.2, 0.25) is 0 Å². The quantitative estimate of drug-likeness (QED) is 0.476. The third-order valence-electron chi connectivity index (χ3n) is 1.59. The fourth-order valence-corrected chi connectivity index (χ4v) is 0.987. The third kappa shape index (κ3) is 3.38. The zero-order valence-electron chi connectivity index (χ0n) is 7.05. The Morgan fingerprint density at radius 1 is 1.27 bits per heavy atom. The van der Waals surface area contributed by atoms with Crippen LogP contribution in [0.15, 0.2) is 24.5 Å². The Kier molecular flexibility index (Phi) is 4.88. The van der Waals surface area contributed by atoms with Crippen LogP contribution in [-0.4, -0.2) is 0 Å². The minimum absolute atomic E-state index is 0. The summed E-state index contributed by atoms with van der Waals surface area (Å²) < 4.78 is 2.05. The Labute approximate surface area is 74.5 Å². The Hall–Kier alpha value is -0.560. The molecule has 0 bridgehead atoms. The molecule has 0 unspecified atom stereocenters. The van der Waals surface area contributed by atoms with Crippen LogP contribution in [0.2, 0.25) is 0 Å². The molecule has 0 N–H and O–H groups in total. The minimum Gasteiger partial charge on any atom is -1.00 e. The van der Waals surface area contributed by atoms with Gasteiger partial charge in [0.05, 0.1) is 0 Å². The lowest BCUT2D eigenvalue weighted by molar-refractivity contribution is -0.671. The highest BCUT2D eigenvalue weighted by Gasteiger charge is 1.92. The SMILES string of the molecule is CCCc1cc[n+](C)cc1.[Cl-]. The van der Waals surface area contributed by atoms with Crippen molar-refractivity contribution < 1.29 is 17.0 Å². The van der Waals surface area contributed by atoms with Crippen molar-refractivity contribution >= 4 is 0 Å². The van der Waals surface area contributed by atoms with Crippen molar-refractivity contribution in [2.75, 3.05) is 0 Å². The highest BCUT2D eigenvalue weighted by molar-refractivity contribution is 5.06. The predicted molar refractivity (Wildman–Crippen MR) is 41.6 cm³/mol. The molecule has 0 saturated carbocycles. The van der Waals surface area contributed by atoms with Crippen molar-refractivity contribution in [3.8, 4) is 0 Å². The molecule has 0 amide bonds. The van der Waals surface area contributed by atoms with E-state index in [1.165, 1.54) is 18.4 Å². The molecule has 1 aromatic rings. The van der Waals surface area contributed by atoms with Gasteiger partial charge < -0.3 is 12.4 Å². The number of nitrogens with zero attached hydrogens (tertiary/aromatic N) is 1. The van der Waals surface area contributed by atoms with Crippen LogP contribution in [0.1, 0.15) is 18.9 Å². The number of aromatic nitrogens is 1. The van der Waals surface area contributed by atoms with Crippen LogP contribution in [0.3, 0.4) is 0 Å². The van der Waals surface area contributed by atoms with Crippen molar-refractivity contribution in [2.24, 2.45) is 7.05 Å². The molecule has 0 aromatic carbocycles. The van der Waals surface area contributed by atoms with E-state index in [0.717, 1.165) is 0 Å². The summed E-state index contributed by atoms with van der Waals surface area (Å²) in [6, 6.07) is 4.34. The minimum atomic E-state index is 0. The first kappa shape index (κ1) is 10.4. The molecule has 11 heavy (non-hydrogen) atoms. The zero-order chi connectivity index (χ0) is 7.40. The van der Waals surface area contributed by atoms with Gasteiger partial charge in [-0.25, -0.2) is 4.57 Å². The van der Waals surface area contributed by atoms with Crippen molar-refractivity contribution in [3.63, 3.8) is 0 Å². The standard InChI is InChI=1S/C9H14N.ClH/c1-3-4-9-5-7-10(2)8-6-9;/h5-8H,3-4H2,1-2H3;1H/q+1;/p-1. The van der Waals surface area contributed by atoms with Crippen molar-refractivity contribution in [3.05, 3.63) is 30.1 Å². The van der Waals surface area contributed by atoms with E-state index in [9.17, 15) is 0 Å². The van der Waals surface area contributed by atoms with Crippen LogP contribution in [0.5, 0.6) is 0 Å². The molecule has 0 aliphatic carbocycles. The molecule has 1 rings (SSSR count). The topological polar surface area (TPSA) is 3.88 Å². The van der Waals surface area contributed by atoms with Crippen LogP contribution < -0.4 is 17.0 Å². The number of aryl methyl sites for hydroxylation is 2. The van der Waals surface area contributed by atoms with E-state index in [0.29, 0.717) is 0 Å². The summed E-state index contributed by atoms with van der Waals surface area (Å²) in [4.78, 5) is 0. The van der Waals surface area contributed by atoms with Crippen molar-refractivity contribution in [2.45, 2.75) is 19.8 Å². The van der Waals surface area contributed by atoms with E-state index in [2.05, 4.69) is 36.0 Å². The fourth-order valence-electron chi connectivity index (χ4n) is 0.987. The van der Waals surface area contributed by atoms with Crippen molar-refractivity contribution in [1.82, 2.24) is 0 Å². The lowest BCUT2D eigenvalue weighted by Gasteiger charge is -1.93. The molecule has 0 aliphatic rings. The Morgan fingerprint density at radius 2 is 1.82 bits per heavy atom. The summed E-state index contributed by atoms with van der Waals surface area (Å²) in [7, 11) is 2.04. The summed E-state index contributed by atoms with van der Waals surface area (Å²) in [5.74, 6) is 0. The molecule has 1 aromatic heterocycles. The predicted octanol–water partition coefficient (Wildman–Crippen LogP) is -1.53. The Morgan fingerprint density at radius 3 is 2.27 bits per heavy atom. The molecule has 0 atom stereocenters. The van der Waals surface area contributed by atoms with Gasteiger partial charge in [0, 0.05) is 12.1 Å². The molecule has 0 spiro atoms. The summed E-state index contributed by atoms with van der Waals surface area (Å²) >= 11 is 0. The smallest absolute Gasteiger partial charge is 0.168 e. The fraction of sp³-hybridized carbons (Fsp3) is 0.444. The first-order valence-electron chi connectivity index (χ1n) is 3.77. The maximum Gasteiger partial charge on any atom is 0.168 e. The van der Waals surface area contributed by atoms with Gasteiger partial charge in [0.15, 0.2) is 12.4 Å². The lowest BCUT2D eigenvalue weighted by Crippen LogP contribution is -3.00. The van der Waals surface area contributed by atoms with Gasteiger partial charge in [-0.2, -0.15) is 0 Å². The molecule has 2 heteroatoms. The monoisotopic (exact) mass is 171 g/mol. The Bertz CT molecular complexity index is 193. The van der Waals surface area contributed by atoms with Gasteiger partial charge >= 0.3 is 0 Å². The number of halogens is 1. The first-order chi connectivity index (χ1) is 4.83. The Balaban J connectivity index is 0.000001000.